The molecule has 0 saturated carbocycles. The fourth-order valence-electron chi connectivity index (χ4n) is 3.71. The number of allylic oxidation sites excluding steroid dienone is 1. The van der Waals surface area contributed by atoms with Crippen molar-refractivity contribution >= 4 is 19.9 Å². The lowest BCUT2D eigenvalue weighted by molar-refractivity contribution is -0.274. The van der Waals surface area contributed by atoms with E-state index < -0.39 is 6.36 Å². The van der Waals surface area contributed by atoms with E-state index in [1.165, 1.54) is 17.7 Å². The molecule has 1 aliphatic heterocycles. The van der Waals surface area contributed by atoms with Crippen LogP contribution in [0.15, 0.2) is 42.0 Å². The summed E-state index contributed by atoms with van der Waals surface area (Å²) in [5.74, 6) is -0.276. The van der Waals surface area contributed by atoms with Crippen LogP contribution < -0.4 is 10.1 Å². The number of nitrogens with zero attached hydrogens (tertiary/aromatic N) is 1. The van der Waals surface area contributed by atoms with Gasteiger partial charge in [-0.3, -0.25) is 5.32 Å². The van der Waals surface area contributed by atoms with Crippen molar-refractivity contribution in [3.05, 3.63) is 58.7 Å². The highest BCUT2D eigenvalue weighted by Crippen LogP contribution is 2.35. The average Bonchev–Trinajstić information content (AvgIpc) is 2.91. The summed E-state index contributed by atoms with van der Waals surface area (Å²) in [7, 11) is 3.69. The van der Waals surface area contributed by atoms with E-state index in [0.29, 0.717) is 5.56 Å². The van der Waals surface area contributed by atoms with E-state index >= 15 is 0 Å². The second-order valence-electron chi connectivity index (χ2n) is 7.24. The molecular weight excluding hydrogens is 408 g/mol. The minimum atomic E-state index is -4.73. The monoisotopic (exact) mass is 430 g/mol. The van der Waals surface area contributed by atoms with Crippen molar-refractivity contribution in [2.45, 2.75) is 39.5 Å². The minimum absolute atomic E-state index is 0.276. The van der Waals surface area contributed by atoms with Crippen LogP contribution in [0.1, 0.15) is 42.9 Å². The van der Waals surface area contributed by atoms with Crippen molar-refractivity contribution in [1.29, 1.82) is 5.26 Å². The van der Waals surface area contributed by atoms with Gasteiger partial charge in [-0.2, -0.15) is 5.26 Å². The van der Waals surface area contributed by atoms with E-state index in [-0.39, 0.29) is 5.75 Å². The van der Waals surface area contributed by atoms with Crippen LogP contribution in [-0.4, -0.2) is 18.3 Å². The maximum atomic E-state index is 12.4. The molecule has 1 aliphatic rings. The Morgan fingerprint density at radius 3 is 2.50 bits per heavy atom. The smallest absolute Gasteiger partial charge is 0.406 e. The largest absolute Gasteiger partial charge is 0.573 e. The molecule has 0 spiro atoms. The standard InChI is InChI=1S/C23H22F3N2OP/c1-14(19-5-3-4-10-28-22(19)30)20-11-16(13-27)12-21(15(20)2)17-6-8-18(9-7-17)29-23(24,25)26/h6-9,11-12,28,30H,3-5,10H2,1-2H3/b19-14+. The third-order valence-corrected chi connectivity index (χ3v) is 5.73. The molecule has 0 unspecified atom stereocenters. The normalized spacial score (nSPS) is 16.6. The summed E-state index contributed by atoms with van der Waals surface area (Å²) in [6, 6.07) is 11.5. The van der Waals surface area contributed by atoms with Gasteiger partial charge in [0.15, 0.2) is 0 Å². The number of hydrogen-bond acceptors (Lipinski definition) is 2. The summed E-state index contributed by atoms with van der Waals surface area (Å²) >= 11 is 0. The number of alkyl halides is 3. The fourth-order valence-corrected chi connectivity index (χ4v) is 4.15. The average molecular weight is 430 g/mol. The molecule has 0 radical (unpaired) electrons. The van der Waals surface area contributed by atoms with Gasteiger partial charge in [0.2, 0.25) is 0 Å². The van der Waals surface area contributed by atoms with E-state index in [9.17, 15) is 18.4 Å². The first-order valence-corrected chi connectivity index (χ1v) is 10.1. The molecule has 2 aromatic carbocycles. The number of nitrogens with one attached hydrogen (secondary N) is 1. The first-order valence-electron chi connectivity index (χ1n) is 9.63. The lowest BCUT2D eigenvalue weighted by Crippen LogP contribution is -2.21. The van der Waals surface area contributed by atoms with Gasteiger partial charge in [-0.05, 0) is 90.8 Å². The van der Waals surface area contributed by atoms with Crippen molar-refractivity contribution in [2.75, 3.05) is 6.54 Å². The van der Waals surface area contributed by atoms with Gasteiger partial charge in [0.05, 0.1) is 11.6 Å². The second kappa shape index (κ2) is 9.04. The summed E-state index contributed by atoms with van der Waals surface area (Å²) in [6.45, 7) is 4.91. The number of ether oxygens (including phenoxy) is 1. The molecular formula is C23H22F3N2OP. The summed E-state index contributed by atoms with van der Waals surface area (Å²) in [4.78, 5) is 0. The van der Waals surface area contributed by atoms with Crippen molar-refractivity contribution in [3.63, 3.8) is 0 Å². The Morgan fingerprint density at radius 1 is 1.17 bits per heavy atom. The number of hydrogen-bond donors (Lipinski definition) is 1. The van der Waals surface area contributed by atoms with Crippen LogP contribution >= 0.6 is 8.86 Å². The van der Waals surface area contributed by atoms with Gasteiger partial charge in [-0.25, -0.2) is 0 Å². The lowest BCUT2D eigenvalue weighted by Gasteiger charge is -2.18. The first-order chi connectivity index (χ1) is 14.2. The maximum absolute atomic E-state index is 12.4. The number of halogens is 3. The van der Waals surface area contributed by atoms with Gasteiger partial charge in [0.25, 0.3) is 0 Å². The van der Waals surface area contributed by atoms with Crippen LogP contribution in [-0.2, 0) is 0 Å². The summed E-state index contributed by atoms with van der Waals surface area (Å²) in [6.07, 6.45) is -1.66. The predicted octanol–water partition coefficient (Wildman–Crippen LogP) is 6.25. The summed E-state index contributed by atoms with van der Waals surface area (Å²) in [5, 5.41) is 12.9. The molecule has 1 saturated heterocycles. The van der Waals surface area contributed by atoms with Gasteiger partial charge >= 0.3 is 6.36 Å². The van der Waals surface area contributed by atoms with Crippen LogP contribution in [0.4, 0.5) is 13.2 Å². The summed E-state index contributed by atoms with van der Waals surface area (Å²) < 4.78 is 41.3. The molecule has 30 heavy (non-hydrogen) atoms. The molecule has 0 amide bonds. The minimum Gasteiger partial charge on any atom is -0.406 e. The molecule has 2 aromatic rings. The molecule has 7 heteroatoms. The van der Waals surface area contributed by atoms with Crippen LogP contribution in [0.5, 0.6) is 5.75 Å². The first kappa shape index (κ1) is 22.1. The number of benzene rings is 2. The lowest BCUT2D eigenvalue weighted by atomic mass is 9.88. The highest BCUT2D eigenvalue weighted by Gasteiger charge is 2.31. The van der Waals surface area contributed by atoms with Gasteiger partial charge < -0.3 is 4.74 Å². The molecule has 1 heterocycles. The fraction of sp³-hybridized carbons (Fsp3) is 0.304. The zero-order valence-corrected chi connectivity index (χ0v) is 17.8. The Balaban J connectivity index is 2.07. The van der Waals surface area contributed by atoms with Crippen LogP contribution in [0.25, 0.3) is 16.7 Å². The Hall–Kier alpha value is -2.61. The zero-order valence-electron chi connectivity index (χ0n) is 16.8. The second-order valence-corrected chi connectivity index (χ2v) is 7.74. The number of nitriles is 1. The molecule has 0 atom stereocenters. The summed E-state index contributed by atoms with van der Waals surface area (Å²) in [5.41, 5.74) is 7.14. The molecule has 1 fully saturated rings. The third-order valence-electron chi connectivity index (χ3n) is 5.25. The maximum Gasteiger partial charge on any atom is 0.573 e. The Labute approximate surface area is 176 Å². The quantitative estimate of drug-likeness (QED) is 0.586. The predicted molar refractivity (Wildman–Crippen MR) is 116 cm³/mol. The Morgan fingerprint density at radius 2 is 1.87 bits per heavy atom. The van der Waals surface area contributed by atoms with Crippen LogP contribution in [0.2, 0.25) is 0 Å². The van der Waals surface area contributed by atoms with Gasteiger partial charge in [-0.15, -0.1) is 22.0 Å². The molecule has 3 nitrogen and oxygen atoms in total. The van der Waals surface area contributed by atoms with Gasteiger partial charge in [0.1, 0.15) is 5.75 Å². The van der Waals surface area contributed by atoms with Gasteiger partial charge in [-0.1, -0.05) is 12.1 Å². The molecule has 0 aromatic heterocycles. The van der Waals surface area contributed by atoms with Crippen LogP contribution in [0.3, 0.4) is 0 Å². The van der Waals surface area contributed by atoms with E-state index in [1.807, 2.05) is 19.9 Å². The Kier molecular flexibility index (Phi) is 6.65. The molecule has 1 N–H and O–H groups in total. The topological polar surface area (TPSA) is 45.0 Å². The van der Waals surface area contributed by atoms with Gasteiger partial charge in [0, 0.05) is 12.0 Å². The number of rotatable bonds is 3. The van der Waals surface area contributed by atoms with E-state index in [0.717, 1.165) is 59.1 Å². The third kappa shape index (κ3) is 5.11. The van der Waals surface area contributed by atoms with Crippen LogP contribution in [0, 0.1) is 18.3 Å². The zero-order chi connectivity index (χ0) is 21.9. The van der Waals surface area contributed by atoms with E-state index in [1.54, 1.807) is 18.2 Å². The SMILES string of the molecule is C/C(=C1/CCCCNC1=P)c1cc(C#N)cc(-c2ccc(OC(F)(F)F)cc2)c1C. The van der Waals surface area contributed by atoms with E-state index in [4.69, 9.17) is 0 Å². The van der Waals surface area contributed by atoms with Crippen molar-refractivity contribution in [3.8, 4) is 22.9 Å². The highest BCUT2D eigenvalue weighted by molar-refractivity contribution is 7.22. The Bertz CT molecular complexity index is 1030. The molecule has 3 rings (SSSR count). The van der Waals surface area contributed by atoms with Crippen molar-refractivity contribution in [1.82, 2.24) is 5.32 Å². The van der Waals surface area contributed by atoms with Crippen molar-refractivity contribution in [2.24, 2.45) is 0 Å². The van der Waals surface area contributed by atoms with E-state index in [2.05, 4.69) is 25.0 Å². The molecule has 0 bridgehead atoms. The van der Waals surface area contributed by atoms with Crippen molar-refractivity contribution < 1.29 is 17.9 Å². The molecule has 0 aliphatic carbocycles. The highest BCUT2D eigenvalue weighted by atomic mass is 31.0. The molecule has 156 valence electrons.